The Kier molecular flexibility index (Phi) is 3.73. The van der Waals surface area contributed by atoms with Crippen molar-refractivity contribution in [2.24, 2.45) is 5.92 Å². The first-order valence-corrected chi connectivity index (χ1v) is 5.99. The molecule has 1 saturated heterocycles. The Bertz CT molecular complexity index is 366. The average Bonchev–Trinajstić information content (AvgIpc) is 2.99. The van der Waals surface area contributed by atoms with Crippen LogP contribution in [0.4, 0.5) is 0 Å². The summed E-state index contributed by atoms with van der Waals surface area (Å²) in [5.74, 6) is 0.675. The first-order chi connectivity index (χ1) is 8.22. The van der Waals surface area contributed by atoms with Gasteiger partial charge in [-0.15, -0.1) is 0 Å². The summed E-state index contributed by atoms with van der Waals surface area (Å²) in [7, 11) is 0. The van der Waals surface area contributed by atoms with Crippen LogP contribution >= 0.6 is 0 Å². The van der Waals surface area contributed by atoms with Crippen molar-refractivity contribution in [2.45, 2.75) is 38.8 Å². The molecule has 1 aromatic heterocycles. The molecular weight excluding hydrogens is 220 g/mol. The maximum atomic E-state index is 12.1. The molecule has 0 aliphatic carbocycles. The summed E-state index contributed by atoms with van der Waals surface area (Å²) in [4.78, 5) is 16.1. The third-order valence-electron chi connectivity index (χ3n) is 3.15. The van der Waals surface area contributed by atoms with E-state index < -0.39 is 0 Å². The monoisotopic (exact) mass is 238 g/mol. The number of carbonyl (C=O) groups is 1. The summed E-state index contributed by atoms with van der Waals surface area (Å²) in [6, 6.07) is -0.150. The second kappa shape index (κ2) is 5.27. The van der Waals surface area contributed by atoms with Crippen LogP contribution in [-0.2, 0) is 9.53 Å². The average molecular weight is 238 g/mol. The lowest BCUT2D eigenvalue weighted by Crippen LogP contribution is -2.36. The van der Waals surface area contributed by atoms with E-state index in [1.165, 1.54) is 6.33 Å². The highest BCUT2D eigenvalue weighted by atomic mass is 16.5. The number of amides is 1. The van der Waals surface area contributed by atoms with Crippen LogP contribution in [0, 0.1) is 5.92 Å². The molecule has 1 aliphatic rings. The number of carbonyl (C=O) groups excluding carboxylic acids is 1. The molecule has 1 aromatic rings. The van der Waals surface area contributed by atoms with Gasteiger partial charge in [0.1, 0.15) is 12.2 Å². The molecule has 2 rings (SSSR count). The Morgan fingerprint density at radius 1 is 1.76 bits per heavy atom. The van der Waals surface area contributed by atoms with E-state index in [2.05, 4.69) is 20.5 Å². The van der Waals surface area contributed by atoms with Crippen molar-refractivity contribution >= 4 is 5.91 Å². The normalized spacial score (nSPS) is 25.8. The molecule has 0 bridgehead atoms. The van der Waals surface area contributed by atoms with Gasteiger partial charge in [-0.05, 0) is 19.8 Å². The van der Waals surface area contributed by atoms with Gasteiger partial charge in [0.2, 0.25) is 5.91 Å². The highest BCUT2D eigenvalue weighted by molar-refractivity contribution is 5.79. The molecule has 0 spiro atoms. The number of nitrogens with one attached hydrogen (secondary N) is 2. The molecule has 0 radical (unpaired) electrons. The quantitative estimate of drug-likeness (QED) is 0.813. The van der Waals surface area contributed by atoms with E-state index in [9.17, 15) is 4.79 Å². The topological polar surface area (TPSA) is 79.9 Å². The Balaban J connectivity index is 1.92. The number of hydrogen-bond acceptors (Lipinski definition) is 4. The van der Waals surface area contributed by atoms with Crippen LogP contribution in [0.25, 0.3) is 0 Å². The smallest absolute Gasteiger partial charge is 0.226 e. The van der Waals surface area contributed by atoms with Crippen LogP contribution in [0.3, 0.4) is 0 Å². The van der Waals surface area contributed by atoms with E-state index in [4.69, 9.17) is 4.74 Å². The fourth-order valence-electron chi connectivity index (χ4n) is 2.16. The van der Waals surface area contributed by atoms with Gasteiger partial charge in [0.15, 0.2) is 0 Å². The van der Waals surface area contributed by atoms with Crippen molar-refractivity contribution in [1.29, 1.82) is 0 Å². The standard InChI is InChI=1S/C11H18N4O2/c1-3-9-8(4-5-17-9)11(16)14-7(2)10-12-6-13-15-10/h6-9H,3-5H2,1-2H3,(H,14,16)(H,12,13,15). The molecule has 1 aliphatic heterocycles. The van der Waals surface area contributed by atoms with Gasteiger partial charge in [0.25, 0.3) is 0 Å². The minimum absolute atomic E-state index is 0.0367. The van der Waals surface area contributed by atoms with Crippen LogP contribution in [0.15, 0.2) is 6.33 Å². The van der Waals surface area contributed by atoms with Crippen LogP contribution < -0.4 is 5.32 Å². The van der Waals surface area contributed by atoms with Crippen LogP contribution in [0.1, 0.15) is 38.6 Å². The summed E-state index contributed by atoms with van der Waals surface area (Å²) in [6.45, 7) is 4.60. The van der Waals surface area contributed by atoms with Gasteiger partial charge in [0, 0.05) is 6.61 Å². The first-order valence-electron chi connectivity index (χ1n) is 5.99. The number of aromatic nitrogens is 3. The number of ether oxygens (including phenoxy) is 1. The lowest BCUT2D eigenvalue weighted by Gasteiger charge is -2.18. The second-order valence-corrected chi connectivity index (χ2v) is 4.31. The van der Waals surface area contributed by atoms with E-state index in [1.807, 2.05) is 13.8 Å². The molecule has 3 unspecified atom stereocenters. The third-order valence-corrected chi connectivity index (χ3v) is 3.15. The van der Waals surface area contributed by atoms with Crippen molar-refractivity contribution in [3.8, 4) is 0 Å². The third kappa shape index (κ3) is 2.63. The van der Waals surface area contributed by atoms with Gasteiger partial charge >= 0.3 is 0 Å². The number of H-pyrrole nitrogens is 1. The minimum atomic E-state index is -0.150. The fourth-order valence-corrected chi connectivity index (χ4v) is 2.16. The molecule has 2 N–H and O–H groups in total. The van der Waals surface area contributed by atoms with Gasteiger partial charge in [-0.3, -0.25) is 9.89 Å². The number of nitrogens with zero attached hydrogens (tertiary/aromatic N) is 2. The zero-order valence-corrected chi connectivity index (χ0v) is 10.1. The molecule has 0 saturated carbocycles. The summed E-state index contributed by atoms with van der Waals surface area (Å²) in [6.07, 6.45) is 3.16. The van der Waals surface area contributed by atoms with Crippen LogP contribution in [-0.4, -0.2) is 33.8 Å². The largest absolute Gasteiger partial charge is 0.377 e. The van der Waals surface area contributed by atoms with Crippen molar-refractivity contribution < 1.29 is 9.53 Å². The summed E-state index contributed by atoms with van der Waals surface area (Å²) in [5.41, 5.74) is 0. The predicted octanol–water partition coefficient (Wildman–Crippen LogP) is 0.797. The number of rotatable bonds is 4. The lowest BCUT2D eigenvalue weighted by atomic mass is 9.98. The summed E-state index contributed by atoms with van der Waals surface area (Å²) >= 11 is 0. The van der Waals surface area contributed by atoms with Crippen molar-refractivity contribution in [3.05, 3.63) is 12.2 Å². The van der Waals surface area contributed by atoms with E-state index >= 15 is 0 Å². The van der Waals surface area contributed by atoms with Gasteiger partial charge in [-0.1, -0.05) is 6.92 Å². The van der Waals surface area contributed by atoms with Crippen molar-refractivity contribution in [3.63, 3.8) is 0 Å². The maximum absolute atomic E-state index is 12.1. The van der Waals surface area contributed by atoms with Gasteiger partial charge < -0.3 is 10.1 Å². The molecule has 6 heteroatoms. The Morgan fingerprint density at radius 3 is 3.24 bits per heavy atom. The predicted molar refractivity (Wildman–Crippen MR) is 61.1 cm³/mol. The number of aromatic amines is 1. The van der Waals surface area contributed by atoms with Crippen LogP contribution in [0.2, 0.25) is 0 Å². The Hall–Kier alpha value is -1.43. The van der Waals surface area contributed by atoms with Gasteiger partial charge in [-0.2, -0.15) is 5.10 Å². The second-order valence-electron chi connectivity index (χ2n) is 4.31. The SMILES string of the molecule is CCC1OCCC1C(=O)NC(C)c1ncn[nH]1. The van der Waals surface area contributed by atoms with E-state index in [-0.39, 0.29) is 24.0 Å². The molecule has 1 amide bonds. The number of hydrogen-bond donors (Lipinski definition) is 2. The Morgan fingerprint density at radius 2 is 2.59 bits per heavy atom. The highest BCUT2D eigenvalue weighted by Crippen LogP contribution is 2.24. The molecule has 2 heterocycles. The first kappa shape index (κ1) is 12.0. The zero-order chi connectivity index (χ0) is 12.3. The molecule has 1 fully saturated rings. The minimum Gasteiger partial charge on any atom is -0.377 e. The Labute approximate surface area is 100 Å². The van der Waals surface area contributed by atoms with Gasteiger partial charge in [0.05, 0.1) is 18.1 Å². The van der Waals surface area contributed by atoms with Gasteiger partial charge in [-0.25, -0.2) is 4.98 Å². The molecule has 17 heavy (non-hydrogen) atoms. The molecule has 94 valence electrons. The lowest BCUT2D eigenvalue weighted by molar-refractivity contribution is -0.127. The zero-order valence-electron chi connectivity index (χ0n) is 10.1. The van der Waals surface area contributed by atoms with E-state index in [1.54, 1.807) is 0 Å². The fraction of sp³-hybridized carbons (Fsp3) is 0.727. The van der Waals surface area contributed by atoms with E-state index in [0.717, 1.165) is 12.8 Å². The summed E-state index contributed by atoms with van der Waals surface area (Å²) < 4.78 is 5.51. The van der Waals surface area contributed by atoms with Crippen LogP contribution in [0.5, 0.6) is 0 Å². The highest BCUT2D eigenvalue weighted by Gasteiger charge is 2.33. The molecule has 0 aromatic carbocycles. The summed E-state index contributed by atoms with van der Waals surface area (Å²) in [5, 5.41) is 9.45. The van der Waals surface area contributed by atoms with E-state index in [0.29, 0.717) is 12.4 Å². The molecule has 6 nitrogen and oxygen atoms in total. The van der Waals surface area contributed by atoms with Crippen molar-refractivity contribution in [2.75, 3.05) is 6.61 Å². The molecular formula is C11H18N4O2. The molecule has 3 atom stereocenters. The maximum Gasteiger partial charge on any atom is 0.226 e. The van der Waals surface area contributed by atoms with Crippen molar-refractivity contribution in [1.82, 2.24) is 20.5 Å².